The summed E-state index contributed by atoms with van der Waals surface area (Å²) in [5.74, 6) is 1.63. The number of rotatable bonds is 3. The molecule has 0 saturated carbocycles. The van der Waals surface area contributed by atoms with Crippen molar-refractivity contribution in [2.24, 2.45) is 0 Å². The lowest BCUT2D eigenvalue weighted by molar-refractivity contribution is 0.159. The summed E-state index contributed by atoms with van der Waals surface area (Å²) >= 11 is 0. The van der Waals surface area contributed by atoms with E-state index in [9.17, 15) is 0 Å². The zero-order valence-corrected chi connectivity index (χ0v) is 11.3. The van der Waals surface area contributed by atoms with E-state index in [2.05, 4.69) is 27.2 Å². The molecule has 0 radical (unpaired) electrons. The van der Waals surface area contributed by atoms with Gasteiger partial charge < -0.3 is 10.2 Å². The number of fused-ring (bicyclic) bond motifs is 2. The summed E-state index contributed by atoms with van der Waals surface area (Å²) in [6, 6.07) is 1.52. The molecule has 1 aromatic heterocycles. The third-order valence-electron chi connectivity index (χ3n) is 4.57. The van der Waals surface area contributed by atoms with Gasteiger partial charge >= 0.3 is 0 Å². The largest absolute Gasteiger partial charge is 0.316 e. The third kappa shape index (κ3) is 2.15. The Labute approximate surface area is 109 Å². The predicted octanol–water partition coefficient (Wildman–Crippen LogP) is 1.54. The summed E-state index contributed by atoms with van der Waals surface area (Å²) in [6.07, 6.45) is 9.12. The smallest absolute Gasteiger partial charge is 0.131 e. The van der Waals surface area contributed by atoms with Gasteiger partial charge in [0.2, 0.25) is 0 Å². The molecule has 3 heterocycles. The molecule has 98 valence electrons. The first-order valence-electron chi connectivity index (χ1n) is 6.95. The molecule has 0 amide bonds. The van der Waals surface area contributed by atoms with Gasteiger partial charge in [-0.3, -0.25) is 0 Å². The molecule has 0 aromatic carbocycles. The molecule has 2 aliphatic heterocycles. The van der Waals surface area contributed by atoms with Crippen LogP contribution in [0.3, 0.4) is 0 Å². The van der Waals surface area contributed by atoms with Crippen LogP contribution in [-0.4, -0.2) is 41.0 Å². The Morgan fingerprint density at radius 2 is 1.83 bits per heavy atom. The Morgan fingerprint density at radius 3 is 2.39 bits per heavy atom. The van der Waals surface area contributed by atoms with E-state index in [1.54, 1.807) is 0 Å². The number of hydrogen-bond donors (Lipinski definition) is 1. The first kappa shape index (κ1) is 12.1. The Bertz CT molecular complexity index is 389. The lowest BCUT2D eigenvalue weighted by Gasteiger charge is -2.35. The molecule has 2 fully saturated rings. The van der Waals surface area contributed by atoms with Gasteiger partial charge in [0, 0.05) is 42.5 Å². The fourth-order valence-electron chi connectivity index (χ4n) is 3.49. The van der Waals surface area contributed by atoms with E-state index < -0.39 is 0 Å². The van der Waals surface area contributed by atoms with Gasteiger partial charge in [0.05, 0.1) is 0 Å². The lowest BCUT2D eigenvalue weighted by Crippen LogP contribution is -2.39. The van der Waals surface area contributed by atoms with Gasteiger partial charge in [-0.15, -0.1) is 0 Å². The molecule has 2 aliphatic rings. The summed E-state index contributed by atoms with van der Waals surface area (Å²) in [5.41, 5.74) is 1.16. The molecule has 2 saturated heterocycles. The number of aromatic nitrogens is 2. The van der Waals surface area contributed by atoms with E-state index in [1.165, 1.54) is 25.7 Å². The summed E-state index contributed by atoms with van der Waals surface area (Å²) in [6.45, 7) is 0.846. The fraction of sp³-hybridized carbons (Fsp3) is 0.714. The first-order valence-corrected chi connectivity index (χ1v) is 6.95. The average molecular weight is 246 g/mol. The SMILES string of the molecule is CNCc1cnc(C2CC3CCC(C2)N3C)nc1. The Hall–Kier alpha value is -1.00. The highest BCUT2D eigenvalue weighted by atomic mass is 15.2. The van der Waals surface area contributed by atoms with Crippen LogP contribution in [0.15, 0.2) is 12.4 Å². The highest BCUT2D eigenvalue weighted by Crippen LogP contribution is 2.40. The molecule has 0 spiro atoms. The molecule has 0 aliphatic carbocycles. The molecule has 2 unspecified atom stereocenters. The second-order valence-electron chi connectivity index (χ2n) is 5.70. The Morgan fingerprint density at radius 1 is 1.22 bits per heavy atom. The van der Waals surface area contributed by atoms with Crippen LogP contribution in [0.25, 0.3) is 0 Å². The van der Waals surface area contributed by atoms with Crippen LogP contribution in [0.5, 0.6) is 0 Å². The summed E-state index contributed by atoms with van der Waals surface area (Å²) < 4.78 is 0. The number of nitrogens with zero attached hydrogens (tertiary/aromatic N) is 3. The zero-order valence-electron chi connectivity index (χ0n) is 11.3. The standard InChI is InChI=1S/C14H22N4/c1-15-7-10-8-16-14(17-9-10)11-5-12-3-4-13(6-11)18(12)2/h8-9,11-13,15H,3-7H2,1-2H3. The molecular weight excluding hydrogens is 224 g/mol. The lowest BCUT2D eigenvalue weighted by atomic mass is 9.90. The molecule has 2 bridgehead atoms. The molecule has 1 aromatic rings. The maximum absolute atomic E-state index is 4.57. The van der Waals surface area contributed by atoms with Gasteiger partial charge in [-0.1, -0.05) is 0 Å². The van der Waals surface area contributed by atoms with Crippen molar-refractivity contribution in [1.82, 2.24) is 20.2 Å². The van der Waals surface area contributed by atoms with Crippen molar-refractivity contribution in [3.8, 4) is 0 Å². The quantitative estimate of drug-likeness (QED) is 0.878. The van der Waals surface area contributed by atoms with Gasteiger partial charge in [-0.25, -0.2) is 9.97 Å². The summed E-state index contributed by atoms with van der Waals surface area (Å²) in [7, 11) is 4.22. The second kappa shape index (κ2) is 4.94. The molecule has 4 heteroatoms. The minimum atomic E-state index is 0.572. The molecule has 2 atom stereocenters. The van der Waals surface area contributed by atoms with Crippen molar-refractivity contribution >= 4 is 0 Å². The summed E-state index contributed by atoms with van der Waals surface area (Å²) in [5, 5.41) is 3.13. The maximum atomic E-state index is 4.57. The minimum Gasteiger partial charge on any atom is -0.316 e. The number of hydrogen-bond acceptors (Lipinski definition) is 4. The van der Waals surface area contributed by atoms with Crippen LogP contribution < -0.4 is 5.32 Å². The van der Waals surface area contributed by atoms with E-state index in [-0.39, 0.29) is 0 Å². The van der Waals surface area contributed by atoms with Crippen LogP contribution in [0.2, 0.25) is 0 Å². The topological polar surface area (TPSA) is 41.1 Å². The third-order valence-corrected chi connectivity index (χ3v) is 4.57. The van der Waals surface area contributed by atoms with Crippen LogP contribution in [0, 0.1) is 0 Å². The maximum Gasteiger partial charge on any atom is 0.131 e. The van der Waals surface area contributed by atoms with Crippen LogP contribution in [-0.2, 0) is 6.54 Å². The fourth-order valence-corrected chi connectivity index (χ4v) is 3.49. The average Bonchev–Trinajstić information content (AvgIpc) is 2.63. The van der Waals surface area contributed by atoms with Gasteiger partial charge in [0.15, 0.2) is 0 Å². The van der Waals surface area contributed by atoms with Crippen LogP contribution >= 0.6 is 0 Å². The van der Waals surface area contributed by atoms with E-state index >= 15 is 0 Å². The second-order valence-corrected chi connectivity index (χ2v) is 5.70. The highest BCUT2D eigenvalue weighted by Gasteiger charge is 2.39. The van der Waals surface area contributed by atoms with E-state index in [0.29, 0.717) is 5.92 Å². The van der Waals surface area contributed by atoms with Crippen molar-refractivity contribution in [1.29, 1.82) is 0 Å². The normalized spacial score (nSPS) is 31.8. The molecule has 4 nitrogen and oxygen atoms in total. The van der Waals surface area contributed by atoms with Gasteiger partial charge in [0.25, 0.3) is 0 Å². The van der Waals surface area contributed by atoms with Crippen molar-refractivity contribution in [3.63, 3.8) is 0 Å². The zero-order chi connectivity index (χ0) is 12.5. The van der Waals surface area contributed by atoms with E-state index in [0.717, 1.165) is 30.0 Å². The number of piperidine rings is 1. The van der Waals surface area contributed by atoms with Crippen molar-refractivity contribution < 1.29 is 0 Å². The summed E-state index contributed by atoms with van der Waals surface area (Å²) in [4.78, 5) is 11.7. The highest BCUT2D eigenvalue weighted by molar-refractivity contribution is 5.10. The molecule has 3 rings (SSSR count). The Kier molecular flexibility index (Phi) is 3.31. The predicted molar refractivity (Wildman–Crippen MR) is 71.3 cm³/mol. The van der Waals surface area contributed by atoms with Gasteiger partial charge in [-0.05, 0) is 39.8 Å². The van der Waals surface area contributed by atoms with Crippen molar-refractivity contribution in [3.05, 3.63) is 23.8 Å². The monoisotopic (exact) mass is 246 g/mol. The van der Waals surface area contributed by atoms with E-state index in [1.807, 2.05) is 19.4 Å². The first-order chi connectivity index (χ1) is 8.78. The molecule has 1 N–H and O–H groups in total. The van der Waals surface area contributed by atoms with Gasteiger partial charge in [0.1, 0.15) is 5.82 Å². The van der Waals surface area contributed by atoms with Crippen molar-refractivity contribution in [2.45, 2.75) is 50.2 Å². The van der Waals surface area contributed by atoms with Crippen LogP contribution in [0.4, 0.5) is 0 Å². The van der Waals surface area contributed by atoms with Crippen LogP contribution in [0.1, 0.15) is 43.0 Å². The number of nitrogens with one attached hydrogen (secondary N) is 1. The minimum absolute atomic E-state index is 0.572. The van der Waals surface area contributed by atoms with Gasteiger partial charge in [-0.2, -0.15) is 0 Å². The Balaban J connectivity index is 1.72. The molecular formula is C14H22N4. The van der Waals surface area contributed by atoms with Crippen molar-refractivity contribution in [2.75, 3.05) is 14.1 Å². The molecule has 18 heavy (non-hydrogen) atoms. The van der Waals surface area contributed by atoms with E-state index in [4.69, 9.17) is 0 Å².